The maximum Gasteiger partial charge on any atom is 0.266 e. The van der Waals surface area contributed by atoms with Crippen LogP contribution in [0.3, 0.4) is 0 Å². The minimum absolute atomic E-state index is 0.0621. The number of carbonyl (C=O) groups excluding carboxylic acids is 2. The van der Waals surface area contributed by atoms with E-state index in [0.717, 1.165) is 48.1 Å². The molecule has 0 unspecified atom stereocenters. The summed E-state index contributed by atoms with van der Waals surface area (Å²) in [6.45, 7) is 1.51. The number of imidazole rings is 1. The normalized spacial score (nSPS) is 11.5. The van der Waals surface area contributed by atoms with Gasteiger partial charge in [0, 0.05) is 6.54 Å². The second-order valence-electron chi connectivity index (χ2n) is 7.24. The van der Waals surface area contributed by atoms with Crippen LogP contribution in [0.15, 0.2) is 47.3 Å². The smallest absolute Gasteiger partial charge is 0.266 e. The van der Waals surface area contributed by atoms with Gasteiger partial charge in [-0.1, -0.05) is 0 Å². The average Bonchev–Trinajstić information content (AvgIpc) is 3.36. The monoisotopic (exact) mass is 496 g/mol. The molecule has 2 heterocycles. The van der Waals surface area contributed by atoms with Gasteiger partial charge in [-0.3, -0.25) is 9.52 Å². The van der Waals surface area contributed by atoms with E-state index in [1.54, 1.807) is 17.1 Å². The molecule has 14 heteroatoms. The Morgan fingerprint density at radius 3 is 2.76 bits per heavy atom. The van der Waals surface area contributed by atoms with Gasteiger partial charge in [-0.15, -0.1) is 11.3 Å². The number of nitrogens with zero attached hydrogens (tertiary/aromatic N) is 4. The third-order valence-corrected chi connectivity index (χ3v) is 6.61. The first-order valence-corrected chi connectivity index (χ1v) is 11.9. The molecule has 2 aromatic heterocycles. The van der Waals surface area contributed by atoms with Crippen molar-refractivity contribution in [1.82, 2.24) is 14.5 Å². The quantitative estimate of drug-likeness (QED) is 0.368. The molecular weight excluding hydrogens is 475 g/mol. The van der Waals surface area contributed by atoms with Crippen LogP contribution in [0.5, 0.6) is 0 Å². The number of nitrogens with one attached hydrogen (secondary N) is 2. The topological polar surface area (TPSA) is 140 Å². The second-order valence-corrected chi connectivity index (χ2v) is 9.78. The molecule has 1 aromatic carbocycles. The van der Waals surface area contributed by atoms with Gasteiger partial charge >= 0.3 is 0 Å². The van der Waals surface area contributed by atoms with E-state index in [-0.39, 0.29) is 17.2 Å². The third kappa shape index (κ3) is 6.34. The molecule has 0 saturated heterocycles. The lowest BCUT2D eigenvalue weighted by Crippen LogP contribution is -2.38. The van der Waals surface area contributed by atoms with E-state index in [9.17, 15) is 27.5 Å². The van der Waals surface area contributed by atoms with Crippen LogP contribution in [-0.4, -0.2) is 55.4 Å². The highest BCUT2D eigenvalue weighted by Gasteiger charge is 2.21. The highest BCUT2D eigenvalue weighted by atomic mass is 32.2. The van der Waals surface area contributed by atoms with Crippen LogP contribution >= 0.6 is 11.3 Å². The van der Waals surface area contributed by atoms with E-state index in [4.69, 9.17) is 0 Å². The van der Waals surface area contributed by atoms with Gasteiger partial charge in [0.1, 0.15) is 35.5 Å². The number of halogens is 1. The van der Waals surface area contributed by atoms with Gasteiger partial charge in [0.25, 0.3) is 15.9 Å². The molecule has 0 aliphatic heterocycles. The Balaban J connectivity index is 1.66. The predicted octanol–water partition coefficient (Wildman–Crippen LogP) is -0.264. The lowest BCUT2D eigenvalue weighted by molar-refractivity contribution is -0.683. The summed E-state index contributed by atoms with van der Waals surface area (Å²) in [6.07, 6.45) is 5.29. The molecule has 0 aliphatic rings. The Labute approximate surface area is 193 Å². The molecule has 176 valence electrons. The molecule has 11 nitrogen and oxygen atoms in total. The number of carboxylic acids is 1. The summed E-state index contributed by atoms with van der Waals surface area (Å²) in [7, 11) is -0.389. The number of aromatic nitrogens is 3. The zero-order valence-electron chi connectivity index (χ0n) is 17.7. The Kier molecular flexibility index (Phi) is 7.40. The number of benzene rings is 1. The fourth-order valence-electron chi connectivity index (χ4n) is 2.74. The number of carboxylic acid groups (broad SMARTS) is 1. The molecule has 0 aliphatic carbocycles. The van der Waals surface area contributed by atoms with Gasteiger partial charge in [0.2, 0.25) is 6.33 Å². The SMILES string of the molecule is CN(C)CCn1cc[n+](CC(=O)Nc2ccc(S(=O)(=O)Nc3scnc3C(=O)[O-])cc2F)c1. The van der Waals surface area contributed by atoms with E-state index in [0.29, 0.717) is 0 Å². The number of aromatic carboxylic acids is 1. The van der Waals surface area contributed by atoms with Gasteiger partial charge in [0.15, 0.2) is 6.54 Å². The molecule has 1 amide bonds. The average molecular weight is 497 g/mol. The van der Waals surface area contributed by atoms with Crippen molar-refractivity contribution >= 4 is 43.9 Å². The Bertz CT molecular complexity index is 1270. The number of hydrogen-bond donors (Lipinski definition) is 2. The van der Waals surface area contributed by atoms with E-state index >= 15 is 0 Å². The number of hydrogen-bond acceptors (Lipinski definition) is 8. The maximum atomic E-state index is 14.5. The van der Waals surface area contributed by atoms with Crippen LogP contribution < -0.4 is 19.7 Å². The van der Waals surface area contributed by atoms with E-state index < -0.39 is 38.3 Å². The number of carbonyl (C=O) groups is 2. The molecule has 3 aromatic rings. The number of thiazole rings is 1. The summed E-state index contributed by atoms with van der Waals surface area (Å²) in [5.41, 5.74) is 0.372. The van der Waals surface area contributed by atoms with Crippen molar-refractivity contribution in [2.75, 3.05) is 30.7 Å². The van der Waals surface area contributed by atoms with Crippen LogP contribution in [0.4, 0.5) is 15.1 Å². The Hall–Kier alpha value is -3.36. The predicted molar refractivity (Wildman–Crippen MR) is 115 cm³/mol. The van der Waals surface area contributed by atoms with Crippen molar-refractivity contribution in [2.45, 2.75) is 18.0 Å². The first-order valence-electron chi connectivity index (χ1n) is 9.52. The molecule has 0 bridgehead atoms. The molecule has 0 fully saturated rings. The van der Waals surface area contributed by atoms with Gasteiger partial charge in [-0.25, -0.2) is 26.9 Å². The van der Waals surface area contributed by atoms with Crippen molar-refractivity contribution in [2.24, 2.45) is 0 Å². The number of anilines is 2. The van der Waals surface area contributed by atoms with Crippen molar-refractivity contribution in [1.29, 1.82) is 0 Å². The van der Waals surface area contributed by atoms with Crippen LogP contribution in [0, 0.1) is 5.82 Å². The van der Waals surface area contributed by atoms with Gasteiger partial charge < -0.3 is 20.1 Å². The standard InChI is InChI=1S/C19H21FN6O5S2/c1-24(2)5-6-25-7-8-26(12-25)10-16(27)22-15-4-3-13(9-14(15)20)33(30,31)23-18-17(19(28)29)21-11-32-18/h3-4,7-9,11-12,23H,5-6,10H2,1-2H3,(H-,22,27,28,29). The highest BCUT2D eigenvalue weighted by Crippen LogP contribution is 2.25. The fourth-order valence-corrected chi connectivity index (χ4v) is 4.74. The molecule has 0 spiro atoms. The molecule has 3 rings (SSSR count). The zero-order valence-corrected chi connectivity index (χ0v) is 19.3. The molecule has 2 N–H and O–H groups in total. The van der Waals surface area contributed by atoms with Crippen molar-refractivity contribution in [3.05, 3.63) is 53.9 Å². The van der Waals surface area contributed by atoms with Gasteiger partial charge in [0.05, 0.1) is 22.1 Å². The Morgan fingerprint density at radius 1 is 1.33 bits per heavy atom. The number of likely N-dealkylation sites (N-methyl/N-ethyl adjacent to an activating group) is 1. The Morgan fingerprint density at radius 2 is 2.09 bits per heavy atom. The molecule has 33 heavy (non-hydrogen) atoms. The largest absolute Gasteiger partial charge is 0.543 e. The fraction of sp³-hybridized carbons (Fsp3) is 0.263. The maximum absolute atomic E-state index is 14.5. The third-order valence-electron chi connectivity index (χ3n) is 4.39. The van der Waals surface area contributed by atoms with Gasteiger partial charge in [-0.05, 0) is 32.3 Å². The van der Waals surface area contributed by atoms with Crippen LogP contribution in [-0.2, 0) is 27.9 Å². The summed E-state index contributed by atoms with van der Waals surface area (Å²) >= 11 is 0.743. The highest BCUT2D eigenvalue weighted by molar-refractivity contribution is 7.93. The number of amides is 1. The lowest BCUT2D eigenvalue weighted by atomic mass is 10.3. The minimum Gasteiger partial charge on any atom is -0.543 e. The summed E-state index contributed by atoms with van der Waals surface area (Å²) in [5.74, 6) is -3.12. The summed E-state index contributed by atoms with van der Waals surface area (Å²) in [6, 6.07) is 2.93. The van der Waals surface area contributed by atoms with Gasteiger partial charge in [-0.2, -0.15) is 0 Å². The van der Waals surface area contributed by atoms with Crippen LogP contribution in [0.1, 0.15) is 10.5 Å². The van der Waals surface area contributed by atoms with E-state index in [2.05, 4.69) is 10.3 Å². The summed E-state index contributed by atoms with van der Waals surface area (Å²) < 4.78 is 45.1. The van der Waals surface area contributed by atoms with Crippen LogP contribution in [0.2, 0.25) is 0 Å². The van der Waals surface area contributed by atoms with Crippen molar-refractivity contribution < 1.29 is 32.1 Å². The molecular formula is C19H21FN6O5S2. The number of rotatable bonds is 10. The lowest BCUT2D eigenvalue weighted by Gasteiger charge is -2.10. The first-order chi connectivity index (χ1) is 15.5. The van der Waals surface area contributed by atoms with Crippen molar-refractivity contribution in [3.8, 4) is 0 Å². The van der Waals surface area contributed by atoms with Crippen LogP contribution in [0.25, 0.3) is 0 Å². The summed E-state index contributed by atoms with van der Waals surface area (Å²) in [4.78, 5) is 28.4. The zero-order chi connectivity index (χ0) is 24.2. The molecule has 0 saturated carbocycles. The molecule has 0 atom stereocenters. The molecule has 0 radical (unpaired) electrons. The van der Waals surface area contributed by atoms with E-state index in [1.807, 2.05) is 34.5 Å². The van der Waals surface area contributed by atoms with Crippen molar-refractivity contribution in [3.63, 3.8) is 0 Å². The second kappa shape index (κ2) is 10.1. The minimum atomic E-state index is -4.30. The first kappa shape index (κ1) is 24.3. The summed E-state index contributed by atoms with van der Waals surface area (Å²) in [5, 5.41) is 13.1. The number of sulfonamides is 1. The van der Waals surface area contributed by atoms with E-state index in [1.165, 1.54) is 0 Å².